The average molecular weight is 242 g/mol. The van der Waals surface area contributed by atoms with Gasteiger partial charge in [0.15, 0.2) is 0 Å². The van der Waals surface area contributed by atoms with E-state index >= 15 is 0 Å². The van der Waals surface area contributed by atoms with Crippen molar-refractivity contribution in [1.29, 1.82) is 0 Å². The van der Waals surface area contributed by atoms with Crippen molar-refractivity contribution in [2.45, 2.75) is 25.0 Å². The van der Waals surface area contributed by atoms with Gasteiger partial charge in [0.25, 0.3) is 0 Å². The van der Waals surface area contributed by atoms with Gasteiger partial charge in [-0.15, -0.1) is 0 Å². The largest absolute Gasteiger partial charge is 0.377 e. The highest BCUT2D eigenvalue weighted by molar-refractivity contribution is 5.79. The molecule has 0 aliphatic carbocycles. The number of methoxy groups -OCH3 is 2. The molecule has 5 nitrogen and oxygen atoms in total. The SMILES string of the molecule is CO[C@H]1CN(C(=O)C2CCNCC2)C[C@@H]1OC. The molecule has 0 aromatic rings. The maximum Gasteiger partial charge on any atom is 0.225 e. The number of carbonyl (C=O) groups is 1. The third-order valence-corrected chi connectivity index (χ3v) is 3.82. The molecule has 0 saturated carbocycles. The fourth-order valence-corrected chi connectivity index (χ4v) is 2.70. The van der Waals surface area contributed by atoms with Gasteiger partial charge in [-0.2, -0.15) is 0 Å². The molecule has 17 heavy (non-hydrogen) atoms. The van der Waals surface area contributed by atoms with Crippen molar-refractivity contribution in [1.82, 2.24) is 10.2 Å². The quantitative estimate of drug-likeness (QED) is 0.748. The van der Waals surface area contributed by atoms with Crippen LogP contribution in [0.25, 0.3) is 0 Å². The highest BCUT2D eigenvalue weighted by atomic mass is 16.5. The van der Waals surface area contributed by atoms with Gasteiger partial charge in [-0.3, -0.25) is 4.79 Å². The molecule has 2 saturated heterocycles. The van der Waals surface area contributed by atoms with Crippen molar-refractivity contribution in [2.75, 3.05) is 40.4 Å². The molecule has 0 unspecified atom stereocenters. The fraction of sp³-hybridized carbons (Fsp3) is 0.917. The Hall–Kier alpha value is -0.650. The maximum absolute atomic E-state index is 12.3. The molecule has 2 atom stereocenters. The molecular formula is C12H22N2O3. The number of carbonyl (C=O) groups excluding carboxylic acids is 1. The minimum absolute atomic E-state index is 0.0191. The molecule has 0 spiro atoms. The van der Waals surface area contributed by atoms with E-state index in [-0.39, 0.29) is 24.0 Å². The van der Waals surface area contributed by atoms with Crippen LogP contribution in [0.4, 0.5) is 0 Å². The first kappa shape index (κ1) is 12.8. The summed E-state index contributed by atoms with van der Waals surface area (Å²) in [5, 5.41) is 3.28. The second-order valence-corrected chi connectivity index (χ2v) is 4.82. The monoisotopic (exact) mass is 242 g/mol. The highest BCUT2D eigenvalue weighted by Crippen LogP contribution is 2.21. The van der Waals surface area contributed by atoms with Crippen molar-refractivity contribution in [3.63, 3.8) is 0 Å². The van der Waals surface area contributed by atoms with Crippen LogP contribution in [0, 0.1) is 5.92 Å². The molecule has 2 aliphatic heterocycles. The van der Waals surface area contributed by atoms with E-state index in [4.69, 9.17) is 9.47 Å². The number of amides is 1. The lowest BCUT2D eigenvalue weighted by Crippen LogP contribution is -2.40. The van der Waals surface area contributed by atoms with Crippen LogP contribution >= 0.6 is 0 Å². The van der Waals surface area contributed by atoms with Gasteiger partial charge in [-0.05, 0) is 25.9 Å². The number of nitrogens with one attached hydrogen (secondary N) is 1. The van der Waals surface area contributed by atoms with E-state index in [2.05, 4.69) is 5.32 Å². The van der Waals surface area contributed by atoms with E-state index in [0.717, 1.165) is 25.9 Å². The molecule has 2 rings (SSSR count). The zero-order valence-electron chi connectivity index (χ0n) is 10.6. The van der Waals surface area contributed by atoms with Crippen LogP contribution in [0.5, 0.6) is 0 Å². The van der Waals surface area contributed by atoms with Gasteiger partial charge in [-0.1, -0.05) is 0 Å². The van der Waals surface area contributed by atoms with Gasteiger partial charge in [-0.25, -0.2) is 0 Å². The molecule has 0 bridgehead atoms. The van der Waals surface area contributed by atoms with Gasteiger partial charge in [0.05, 0.1) is 0 Å². The highest BCUT2D eigenvalue weighted by Gasteiger charge is 2.37. The lowest BCUT2D eigenvalue weighted by atomic mass is 9.97. The maximum atomic E-state index is 12.3. The Labute approximate surface area is 102 Å². The van der Waals surface area contributed by atoms with Crippen molar-refractivity contribution in [3.8, 4) is 0 Å². The van der Waals surface area contributed by atoms with Crippen LogP contribution in [-0.4, -0.2) is 63.4 Å². The van der Waals surface area contributed by atoms with Crippen molar-refractivity contribution >= 4 is 5.91 Å². The smallest absolute Gasteiger partial charge is 0.225 e. The topological polar surface area (TPSA) is 50.8 Å². The Morgan fingerprint density at radius 2 is 1.65 bits per heavy atom. The number of likely N-dealkylation sites (tertiary alicyclic amines) is 1. The zero-order chi connectivity index (χ0) is 12.3. The van der Waals surface area contributed by atoms with Crippen LogP contribution in [0.2, 0.25) is 0 Å². The van der Waals surface area contributed by atoms with Crippen LogP contribution in [0.3, 0.4) is 0 Å². The summed E-state index contributed by atoms with van der Waals surface area (Å²) in [6.07, 6.45) is 1.94. The Morgan fingerprint density at radius 1 is 1.12 bits per heavy atom. The van der Waals surface area contributed by atoms with Crippen molar-refractivity contribution < 1.29 is 14.3 Å². The van der Waals surface area contributed by atoms with Crippen LogP contribution < -0.4 is 5.32 Å². The number of hydrogen-bond donors (Lipinski definition) is 1. The summed E-state index contributed by atoms with van der Waals surface area (Å²) in [5.74, 6) is 0.456. The number of piperidine rings is 1. The summed E-state index contributed by atoms with van der Waals surface area (Å²) in [4.78, 5) is 14.2. The van der Waals surface area contributed by atoms with Gasteiger partial charge >= 0.3 is 0 Å². The molecule has 2 fully saturated rings. The van der Waals surface area contributed by atoms with Crippen molar-refractivity contribution in [2.24, 2.45) is 5.92 Å². The predicted molar refractivity (Wildman–Crippen MR) is 63.8 cm³/mol. The number of hydrogen-bond acceptors (Lipinski definition) is 4. The molecule has 1 N–H and O–H groups in total. The van der Waals surface area contributed by atoms with Gasteiger partial charge in [0.2, 0.25) is 5.91 Å². The lowest BCUT2D eigenvalue weighted by molar-refractivity contribution is -0.135. The fourth-order valence-electron chi connectivity index (χ4n) is 2.70. The van der Waals surface area contributed by atoms with E-state index in [1.807, 2.05) is 4.90 Å². The average Bonchev–Trinajstić information content (AvgIpc) is 2.82. The van der Waals surface area contributed by atoms with Crippen LogP contribution in [-0.2, 0) is 14.3 Å². The zero-order valence-corrected chi connectivity index (χ0v) is 10.6. The summed E-state index contributed by atoms with van der Waals surface area (Å²) >= 11 is 0. The summed E-state index contributed by atoms with van der Waals surface area (Å²) in [5.41, 5.74) is 0. The second-order valence-electron chi connectivity index (χ2n) is 4.82. The Bertz CT molecular complexity index is 254. The molecular weight excluding hydrogens is 220 g/mol. The van der Waals surface area contributed by atoms with E-state index in [9.17, 15) is 4.79 Å². The Kier molecular flexibility index (Phi) is 4.36. The molecule has 2 heterocycles. The van der Waals surface area contributed by atoms with Gasteiger partial charge in [0, 0.05) is 33.2 Å². The minimum atomic E-state index is 0.0191. The standard InChI is InChI=1S/C12H22N2O3/c1-16-10-7-14(8-11(10)17-2)12(15)9-3-5-13-6-4-9/h9-11,13H,3-8H2,1-2H3/t10-,11-/m0/s1. The molecule has 0 aromatic heterocycles. The summed E-state index contributed by atoms with van der Waals surface area (Å²) in [7, 11) is 3.35. The first-order valence-corrected chi connectivity index (χ1v) is 6.31. The number of rotatable bonds is 3. The van der Waals surface area contributed by atoms with Crippen LogP contribution in [0.1, 0.15) is 12.8 Å². The molecule has 98 valence electrons. The normalized spacial score (nSPS) is 30.8. The molecule has 0 aromatic carbocycles. The second kappa shape index (κ2) is 5.80. The molecule has 5 heteroatoms. The third-order valence-electron chi connectivity index (χ3n) is 3.82. The third kappa shape index (κ3) is 2.78. The van der Waals surface area contributed by atoms with E-state index in [1.54, 1.807) is 14.2 Å². The summed E-state index contributed by atoms with van der Waals surface area (Å²) in [6, 6.07) is 0. The van der Waals surface area contributed by atoms with E-state index in [0.29, 0.717) is 13.1 Å². The van der Waals surface area contributed by atoms with E-state index < -0.39 is 0 Å². The molecule has 0 radical (unpaired) electrons. The van der Waals surface area contributed by atoms with Crippen molar-refractivity contribution in [3.05, 3.63) is 0 Å². The first-order valence-electron chi connectivity index (χ1n) is 6.31. The van der Waals surface area contributed by atoms with E-state index in [1.165, 1.54) is 0 Å². The van der Waals surface area contributed by atoms with Gasteiger partial charge in [0.1, 0.15) is 12.2 Å². The molecule has 2 aliphatic rings. The van der Waals surface area contributed by atoms with Crippen LogP contribution in [0.15, 0.2) is 0 Å². The minimum Gasteiger partial charge on any atom is -0.377 e. The lowest BCUT2D eigenvalue weighted by Gasteiger charge is -2.26. The number of ether oxygens (including phenoxy) is 2. The molecule has 1 amide bonds. The number of nitrogens with zero attached hydrogens (tertiary/aromatic N) is 1. The Morgan fingerprint density at radius 3 is 2.12 bits per heavy atom. The Balaban J connectivity index is 1.92. The first-order chi connectivity index (χ1) is 8.26. The van der Waals surface area contributed by atoms with Gasteiger partial charge < -0.3 is 19.7 Å². The summed E-state index contributed by atoms with van der Waals surface area (Å²) < 4.78 is 10.7. The summed E-state index contributed by atoms with van der Waals surface area (Å²) in [6.45, 7) is 3.23. The predicted octanol–water partition coefficient (Wildman–Crippen LogP) is -0.142.